The number of nitriles is 1. The molecule has 1 aliphatic heterocycles. The highest BCUT2D eigenvalue weighted by atomic mass is 35.5. The van der Waals surface area contributed by atoms with E-state index in [1.807, 2.05) is 34.9 Å². The minimum absolute atomic E-state index is 0.522. The van der Waals surface area contributed by atoms with Gasteiger partial charge in [-0.1, -0.05) is 48.0 Å². The minimum Gasteiger partial charge on any atom is -0.396 e. The fraction of sp³-hybridized carbons (Fsp3) is 0.227. The molecule has 142 valence electrons. The Morgan fingerprint density at radius 1 is 0.929 bits per heavy atom. The van der Waals surface area contributed by atoms with Crippen molar-refractivity contribution in [1.29, 1.82) is 5.26 Å². The molecule has 2 heterocycles. The van der Waals surface area contributed by atoms with Crippen molar-refractivity contribution in [1.82, 2.24) is 4.57 Å². The minimum atomic E-state index is 0.522. The van der Waals surface area contributed by atoms with Crippen molar-refractivity contribution < 1.29 is 0 Å². The standard InChI is InChI=1S/C22H22ClN5/c23-20-9-5-4-6-17(20)16-28-19(15-24)14-21(25)22(28)27-12-10-26(11-13-27)18-7-2-1-3-8-18/h1-9,14H,10-13,16,25H2. The van der Waals surface area contributed by atoms with Gasteiger partial charge >= 0.3 is 0 Å². The lowest BCUT2D eigenvalue weighted by molar-refractivity contribution is 0.630. The molecule has 2 N–H and O–H groups in total. The maximum absolute atomic E-state index is 9.61. The van der Waals surface area contributed by atoms with Gasteiger partial charge in [-0.05, 0) is 29.8 Å². The zero-order valence-corrected chi connectivity index (χ0v) is 16.3. The van der Waals surface area contributed by atoms with Crippen LogP contribution < -0.4 is 15.5 Å². The second kappa shape index (κ2) is 7.87. The third-order valence-electron chi connectivity index (χ3n) is 5.20. The molecule has 3 aromatic rings. The molecule has 1 aliphatic rings. The summed E-state index contributed by atoms with van der Waals surface area (Å²) in [6.07, 6.45) is 0. The van der Waals surface area contributed by atoms with Gasteiger partial charge in [-0.3, -0.25) is 0 Å². The fourth-order valence-corrected chi connectivity index (χ4v) is 3.97. The van der Waals surface area contributed by atoms with Crippen LogP contribution >= 0.6 is 11.6 Å². The van der Waals surface area contributed by atoms with Crippen LogP contribution in [0.1, 0.15) is 11.3 Å². The number of para-hydroxylation sites is 1. The molecule has 2 aromatic carbocycles. The highest BCUT2D eigenvalue weighted by Gasteiger charge is 2.24. The predicted molar refractivity (Wildman–Crippen MR) is 115 cm³/mol. The van der Waals surface area contributed by atoms with Crippen molar-refractivity contribution >= 4 is 28.8 Å². The van der Waals surface area contributed by atoms with E-state index in [2.05, 4.69) is 40.1 Å². The Labute approximate surface area is 170 Å². The Hall–Kier alpha value is -3.10. The molecule has 0 aliphatic carbocycles. The molecule has 0 spiro atoms. The van der Waals surface area contributed by atoms with E-state index < -0.39 is 0 Å². The summed E-state index contributed by atoms with van der Waals surface area (Å²) in [5, 5.41) is 10.3. The molecule has 0 radical (unpaired) electrons. The van der Waals surface area contributed by atoms with Crippen LogP contribution in [0.25, 0.3) is 0 Å². The van der Waals surface area contributed by atoms with Gasteiger partial charge in [0.1, 0.15) is 17.6 Å². The Balaban J connectivity index is 1.59. The second-order valence-electron chi connectivity index (χ2n) is 6.91. The first-order chi connectivity index (χ1) is 13.7. The Morgan fingerprint density at radius 3 is 2.25 bits per heavy atom. The Kier molecular flexibility index (Phi) is 5.14. The lowest BCUT2D eigenvalue weighted by Gasteiger charge is -2.38. The number of piperazine rings is 1. The molecular weight excluding hydrogens is 370 g/mol. The number of aromatic nitrogens is 1. The van der Waals surface area contributed by atoms with Crippen LogP contribution in [0.15, 0.2) is 60.7 Å². The quantitative estimate of drug-likeness (QED) is 0.731. The monoisotopic (exact) mass is 391 g/mol. The summed E-state index contributed by atoms with van der Waals surface area (Å²) in [6, 6.07) is 22.2. The van der Waals surface area contributed by atoms with Gasteiger partial charge in [0.15, 0.2) is 0 Å². The largest absolute Gasteiger partial charge is 0.396 e. The molecule has 0 unspecified atom stereocenters. The SMILES string of the molecule is N#Cc1cc(N)c(N2CCN(c3ccccc3)CC2)n1Cc1ccccc1Cl. The second-order valence-corrected chi connectivity index (χ2v) is 7.31. The molecule has 4 rings (SSSR count). The van der Waals surface area contributed by atoms with Crippen LogP contribution in [-0.4, -0.2) is 30.7 Å². The molecule has 0 amide bonds. The molecule has 6 heteroatoms. The number of nitrogen functional groups attached to an aromatic ring is 1. The van der Waals surface area contributed by atoms with E-state index in [9.17, 15) is 5.26 Å². The number of hydrogen-bond donors (Lipinski definition) is 1. The zero-order chi connectivity index (χ0) is 19.5. The first kappa shape index (κ1) is 18.3. The number of hydrogen-bond acceptors (Lipinski definition) is 4. The summed E-state index contributed by atoms with van der Waals surface area (Å²) in [6.45, 7) is 4.02. The van der Waals surface area contributed by atoms with Crippen LogP contribution in [-0.2, 0) is 6.54 Å². The molecule has 0 bridgehead atoms. The summed E-state index contributed by atoms with van der Waals surface area (Å²) in [4.78, 5) is 4.64. The van der Waals surface area contributed by atoms with E-state index in [1.165, 1.54) is 5.69 Å². The molecule has 28 heavy (non-hydrogen) atoms. The summed E-state index contributed by atoms with van der Waals surface area (Å²) < 4.78 is 1.98. The van der Waals surface area contributed by atoms with E-state index in [-0.39, 0.29) is 0 Å². The average molecular weight is 392 g/mol. The van der Waals surface area contributed by atoms with Crippen LogP contribution in [0.5, 0.6) is 0 Å². The molecule has 5 nitrogen and oxygen atoms in total. The van der Waals surface area contributed by atoms with Gasteiger partial charge in [-0.2, -0.15) is 5.26 Å². The van der Waals surface area contributed by atoms with Crippen LogP contribution in [0.4, 0.5) is 17.2 Å². The molecule has 0 atom stereocenters. The van der Waals surface area contributed by atoms with Crippen LogP contribution in [0.2, 0.25) is 5.02 Å². The first-order valence-corrected chi connectivity index (χ1v) is 9.72. The van der Waals surface area contributed by atoms with E-state index in [1.54, 1.807) is 6.07 Å². The molecule has 0 saturated carbocycles. The normalized spacial score (nSPS) is 14.1. The van der Waals surface area contributed by atoms with Gasteiger partial charge in [0.25, 0.3) is 0 Å². The summed E-state index contributed by atoms with van der Waals surface area (Å²) in [5.74, 6) is 0.907. The van der Waals surface area contributed by atoms with Gasteiger partial charge < -0.3 is 20.1 Å². The van der Waals surface area contributed by atoms with Crippen LogP contribution in [0.3, 0.4) is 0 Å². The topological polar surface area (TPSA) is 61.2 Å². The van der Waals surface area contributed by atoms with Gasteiger partial charge in [-0.25, -0.2) is 0 Å². The number of nitrogens with two attached hydrogens (primary N) is 1. The van der Waals surface area contributed by atoms with Crippen molar-refractivity contribution in [2.75, 3.05) is 41.7 Å². The zero-order valence-electron chi connectivity index (χ0n) is 15.6. The van der Waals surface area contributed by atoms with E-state index in [0.717, 1.165) is 37.6 Å². The number of rotatable bonds is 4. The van der Waals surface area contributed by atoms with Crippen molar-refractivity contribution in [2.45, 2.75) is 6.54 Å². The van der Waals surface area contributed by atoms with Crippen molar-refractivity contribution in [3.63, 3.8) is 0 Å². The van der Waals surface area contributed by atoms with Gasteiger partial charge in [0.2, 0.25) is 0 Å². The van der Waals surface area contributed by atoms with Crippen molar-refractivity contribution in [2.24, 2.45) is 0 Å². The summed E-state index contributed by atoms with van der Waals surface area (Å²) in [5.41, 5.74) is 9.72. The number of halogens is 1. The maximum atomic E-state index is 9.61. The van der Waals surface area contributed by atoms with E-state index in [4.69, 9.17) is 17.3 Å². The fourth-order valence-electron chi connectivity index (χ4n) is 3.78. The van der Waals surface area contributed by atoms with Gasteiger partial charge in [0.05, 0.1) is 12.2 Å². The average Bonchev–Trinajstić information content (AvgIpc) is 3.05. The van der Waals surface area contributed by atoms with E-state index in [0.29, 0.717) is 22.9 Å². The number of benzene rings is 2. The maximum Gasteiger partial charge on any atom is 0.133 e. The number of anilines is 3. The smallest absolute Gasteiger partial charge is 0.133 e. The third-order valence-corrected chi connectivity index (χ3v) is 5.57. The van der Waals surface area contributed by atoms with Crippen molar-refractivity contribution in [3.05, 3.63) is 76.9 Å². The predicted octanol–water partition coefficient (Wildman–Crippen LogP) is 3.97. The first-order valence-electron chi connectivity index (χ1n) is 9.35. The molecule has 1 fully saturated rings. The summed E-state index contributed by atoms with van der Waals surface area (Å²) in [7, 11) is 0. The van der Waals surface area contributed by atoms with Crippen molar-refractivity contribution in [3.8, 4) is 6.07 Å². The molecule has 1 saturated heterocycles. The Bertz CT molecular complexity index is 998. The third kappa shape index (κ3) is 3.51. The van der Waals surface area contributed by atoms with Crippen LogP contribution in [0, 0.1) is 11.3 Å². The Morgan fingerprint density at radius 2 is 1.57 bits per heavy atom. The highest BCUT2D eigenvalue weighted by molar-refractivity contribution is 6.31. The molecular formula is C22H22ClN5. The summed E-state index contributed by atoms with van der Waals surface area (Å²) >= 11 is 6.35. The molecule has 1 aromatic heterocycles. The van der Waals surface area contributed by atoms with E-state index >= 15 is 0 Å². The lowest BCUT2D eigenvalue weighted by Crippen LogP contribution is -2.47. The lowest BCUT2D eigenvalue weighted by atomic mass is 10.2. The van der Waals surface area contributed by atoms with Gasteiger partial charge in [-0.15, -0.1) is 0 Å². The highest BCUT2D eigenvalue weighted by Crippen LogP contribution is 2.31. The van der Waals surface area contributed by atoms with Gasteiger partial charge in [0, 0.05) is 36.9 Å². The number of nitrogens with zero attached hydrogens (tertiary/aromatic N) is 4.